The third-order valence-electron chi connectivity index (χ3n) is 4.76. The van der Waals surface area contributed by atoms with Crippen molar-refractivity contribution in [1.29, 1.82) is 0 Å². The molecule has 0 aliphatic carbocycles. The second-order valence-electron chi connectivity index (χ2n) is 6.49. The topological polar surface area (TPSA) is 61.4 Å². The van der Waals surface area contributed by atoms with Gasteiger partial charge in [-0.1, -0.05) is 0 Å². The third-order valence-corrected chi connectivity index (χ3v) is 4.76. The maximum Gasteiger partial charge on any atom is 0.222 e. The van der Waals surface area contributed by atoms with Gasteiger partial charge < -0.3 is 15.1 Å². The molecule has 1 aromatic heterocycles. The number of rotatable bonds is 4. The van der Waals surface area contributed by atoms with Crippen molar-refractivity contribution < 1.29 is 4.79 Å². The van der Waals surface area contributed by atoms with Crippen LogP contribution >= 0.6 is 0 Å². The number of hydrogen-bond donors (Lipinski definition) is 1. The van der Waals surface area contributed by atoms with E-state index in [1.165, 1.54) is 0 Å². The lowest BCUT2D eigenvalue weighted by atomic mass is 9.96. The average molecular weight is 303 g/mol. The molecule has 2 fully saturated rings. The Bertz CT molecular complexity index is 487. The molecule has 1 unspecified atom stereocenters. The number of aromatic nitrogens is 2. The van der Waals surface area contributed by atoms with Crippen molar-refractivity contribution in [3.05, 3.63) is 18.6 Å². The van der Waals surface area contributed by atoms with E-state index in [4.69, 9.17) is 0 Å². The maximum absolute atomic E-state index is 11.5. The fourth-order valence-electron chi connectivity index (χ4n) is 3.46. The highest BCUT2D eigenvalue weighted by molar-refractivity contribution is 5.76. The van der Waals surface area contributed by atoms with Crippen molar-refractivity contribution in [2.75, 3.05) is 38.5 Å². The lowest BCUT2D eigenvalue weighted by Crippen LogP contribution is -2.45. The van der Waals surface area contributed by atoms with Crippen LogP contribution in [-0.2, 0) is 4.79 Å². The first kappa shape index (κ1) is 15.2. The fraction of sp³-hybridized carbons (Fsp3) is 0.688. The van der Waals surface area contributed by atoms with Crippen LogP contribution in [0.2, 0.25) is 0 Å². The maximum atomic E-state index is 11.5. The largest absolute Gasteiger partial charge is 0.367 e. The molecular weight excluding hydrogens is 278 g/mol. The summed E-state index contributed by atoms with van der Waals surface area (Å²) >= 11 is 0. The van der Waals surface area contributed by atoms with E-state index in [1.807, 2.05) is 18.0 Å². The highest BCUT2D eigenvalue weighted by Crippen LogP contribution is 2.20. The van der Waals surface area contributed by atoms with Gasteiger partial charge in [0.2, 0.25) is 5.91 Å². The number of carbonyl (C=O) groups excluding carboxylic acids is 1. The number of carbonyl (C=O) groups is 1. The van der Waals surface area contributed by atoms with Crippen LogP contribution in [0.15, 0.2) is 18.6 Å². The molecule has 3 rings (SSSR count). The van der Waals surface area contributed by atoms with Crippen molar-refractivity contribution in [2.24, 2.45) is 5.92 Å². The van der Waals surface area contributed by atoms with Crippen molar-refractivity contribution in [1.82, 2.24) is 19.8 Å². The first-order chi connectivity index (χ1) is 10.7. The molecule has 0 spiro atoms. The molecule has 0 bridgehead atoms. The van der Waals surface area contributed by atoms with E-state index in [-0.39, 0.29) is 0 Å². The zero-order valence-corrected chi connectivity index (χ0v) is 13.2. The predicted molar refractivity (Wildman–Crippen MR) is 85.5 cm³/mol. The number of anilines is 1. The van der Waals surface area contributed by atoms with Crippen LogP contribution in [0.5, 0.6) is 0 Å². The number of hydrogen-bond acceptors (Lipinski definition) is 5. The molecule has 2 saturated heterocycles. The second kappa shape index (κ2) is 7.05. The number of amides is 1. The summed E-state index contributed by atoms with van der Waals surface area (Å²) in [7, 11) is 1.92. The van der Waals surface area contributed by atoms with Crippen LogP contribution in [-0.4, -0.2) is 64.9 Å². The normalized spacial score (nSPS) is 24.5. The monoisotopic (exact) mass is 303 g/mol. The zero-order valence-electron chi connectivity index (χ0n) is 13.2. The van der Waals surface area contributed by atoms with E-state index in [2.05, 4.69) is 20.2 Å². The van der Waals surface area contributed by atoms with Crippen LogP contribution < -0.4 is 5.32 Å². The Morgan fingerprint density at radius 1 is 1.32 bits per heavy atom. The summed E-state index contributed by atoms with van der Waals surface area (Å²) < 4.78 is 0. The molecule has 2 aliphatic heterocycles. The molecule has 1 aromatic rings. The molecule has 3 heterocycles. The van der Waals surface area contributed by atoms with E-state index in [9.17, 15) is 4.79 Å². The van der Waals surface area contributed by atoms with E-state index in [0.717, 1.165) is 51.3 Å². The second-order valence-corrected chi connectivity index (χ2v) is 6.49. The number of piperidine rings is 2. The Hall–Kier alpha value is -1.69. The van der Waals surface area contributed by atoms with Crippen molar-refractivity contribution in [2.45, 2.75) is 31.7 Å². The van der Waals surface area contributed by atoms with Crippen LogP contribution in [0.1, 0.15) is 25.7 Å². The predicted octanol–water partition coefficient (Wildman–Crippen LogP) is 1.22. The van der Waals surface area contributed by atoms with E-state index >= 15 is 0 Å². The Morgan fingerprint density at radius 3 is 2.82 bits per heavy atom. The summed E-state index contributed by atoms with van der Waals surface area (Å²) in [5, 5.41) is 3.49. The molecule has 1 N–H and O–H groups in total. The Labute approximate surface area is 131 Å². The average Bonchev–Trinajstić information content (AvgIpc) is 2.54. The lowest BCUT2D eigenvalue weighted by Gasteiger charge is -2.37. The van der Waals surface area contributed by atoms with Gasteiger partial charge in [0.25, 0.3) is 0 Å². The molecular formula is C16H25N5O. The summed E-state index contributed by atoms with van der Waals surface area (Å²) in [5.74, 6) is 1.85. The molecule has 6 heteroatoms. The van der Waals surface area contributed by atoms with Crippen molar-refractivity contribution in [3.8, 4) is 0 Å². The molecule has 0 radical (unpaired) electrons. The van der Waals surface area contributed by atoms with E-state index in [1.54, 1.807) is 12.5 Å². The van der Waals surface area contributed by atoms with Gasteiger partial charge in [-0.25, -0.2) is 9.97 Å². The van der Waals surface area contributed by atoms with Crippen LogP contribution in [0.3, 0.4) is 0 Å². The van der Waals surface area contributed by atoms with Gasteiger partial charge in [-0.15, -0.1) is 0 Å². The van der Waals surface area contributed by atoms with Gasteiger partial charge in [0, 0.05) is 51.9 Å². The lowest BCUT2D eigenvalue weighted by molar-refractivity contribution is -0.133. The number of nitrogens with zero attached hydrogens (tertiary/aromatic N) is 4. The molecule has 6 nitrogen and oxygen atoms in total. The molecule has 22 heavy (non-hydrogen) atoms. The Balaban J connectivity index is 1.41. The smallest absolute Gasteiger partial charge is 0.222 e. The molecule has 2 aliphatic rings. The molecule has 0 saturated carbocycles. The van der Waals surface area contributed by atoms with Gasteiger partial charge in [-0.3, -0.25) is 4.79 Å². The van der Waals surface area contributed by atoms with E-state index in [0.29, 0.717) is 24.3 Å². The minimum Gasteiger partial charge on any atom is -0.367 e. The third kappa shape index (κ3) is 3.94. The van der Waals surface area contributed by atoms with Crippen molar-refractivity contribution >= 4 is 11.7 Å². The first-order valence-corrected chi connectivity index (χ1v) is 8.19. The number of nitrogens with one attached hydrogen (secondary N) is 1. The first-order valence-electron chi connectivity index (χ1n) is 8.19. The van der Waals surface area contributed by atoms with Crippen LogP contribution in [0.25, 0.3) is 0 Å². The molecule has 120 valence electrons. The van der Waals surface area contributed by atoms with E-state index < -0.39 is 0 Å². The summed E-state index contributed by atoms with van der Waals surface area (Å²) in [5.41, 5.74) is 0. The zero-order chi connectivity index (χ0) is 15.4. The molecule has 0 aromatic carbocycles. The quantitative estimate of drug-likeness (QED) is 0.906. The van der Waals surface area contributed by atoms with Gasteiger partial charge >= 0.3 is 0 Å². The molecule has 1 amide bonds. The van der Waals surface area contributed by atoms with Crippen LogP contribution in [0.4, 0.5) is 5.82 Å². The fourth-order valence-corrected chi connectivity index (χ4v) is 3.46. The number of likely N-dealkylation sites (tertiary alicyclic amines) is 2. The van der Waals surface area contributed by atoms with Gasteiger partial charge in [0.1, 0.15) is 12.1 Å². The standard InChI is InChI=1S/C16H25N5O/c1-20-10-13(2-3-16(20)22)11-21-8-5-14(6-9-21)19-15-4-7-17-12-18-15/h4,7,12-14H,2-3,5-6,8-11H2,1H3,(H,17,18,19). The summed E-state index contributed by atoms with van der Waals surface area (Å²) in [6.07, 6.45) is 7.40. The molecule has 1 atom stereocenters. The van der Waals surface area contributed by atoms with Gasteiger partial charge in [0.15, 0.2) is 0 Å². The summed E-state index contributed by atoms with van der Waals surface area (Å²) in [6.45, 7) is 4.28. The SMILES string of the molecule is CN1CC(CN2CCC(Nc3ccncn3)CC2)CCC1=O. The Morgan fingerprint density at radius 2 is 2.14 bits per heavy atom. The van der Waals surface area contributed by atoms with Gasteiger partial charge in [0.05, 0.1) is 0 Å². The minimum atomic E-state index is 0.295. The van der Waals surface area contributed by atoms with Crippen molar-refractivity contribution in [3.63, 3.8) is 0 Å². The highest BCUT2D eigenvalue weighted by Gasteiger charge is 2.26. The van der Waals surface area contributed by atoms with Gasteiger partial charge in [-0.05, 0) is 31.2 Å². The summed E-state index contributed by atoms with van der Waals surface area (Å²) in [6, 6.07) is 2.42. The van der Waals surface area contributed by atoms with Crippen LogP contribution in [0, 0.1) is 5.92 Å². The van der Waals surface area contributed by atoms with Gasteiger partial charge in [-0.2, -0.15) is 0 Å². The highest BCUT2D eigenvalue weighted by atomic mass is 16.2. The summed E-state index contributed by atoms with van der Waals surface area (Å²) in [4.78, 5) is 24.1. The Kier molecular flexibility index (Phi) is 4.87. The minimum absolute atomic E-state index is 0.295.